The second kappa shape index (κ2) is 13.2. The molecule has 61 heavy (non-hydrogen) atoms. The Morgan fingerprint density at radius 1 is 0.459 bits per heavy atom. The van der Waals surface area contributed by atoms with Crippen molar-refractivity contribution in [3.8, 4) is 11.1 Å². The molecule has 0 spiro atoms. The number of anilines is 6. The summed E-state index contributed by atoms with van der Waals surface area (Å²) in [5, 5.41) is 0. The van der Waals surface area contributed by atoms with Crippen LogP contribution in [0.25, 0.3) is 11.1 Å². The van der Waals surface area contributed by atoms with Gasteiger partial charge in [-0.15, -0.1) is 0 Å². The van der Waals surface area contributed by atoms with Crippen molar-refractivity contribution in [1.82, 2.24) is 0 Å². The maximum Gasteiger partial charge on any atom is 0.252 e. The molecule has 0 N–H and O–H groups in total. The van der Waals surface area contributed by atoms with E-state index in [1.807, 2.05) is 0 Å². The Bertz CT molecular complexity index is 2780. The third kappa shape index (κ3) is 6.18. The highest BCUT2D eigenvalue weighted by atomic mass is 15.2. The van der Waals surface area contributed by atoms with Crippen LogP contribution in [0.5, 0.6) is 0 Å². The third-order valence-corrected chi connectivity index (χ3v) is 15.7. The van der Waals surface area contributed by atoms with Crippen molar-refractivity contribution in [1.29, 1.82) is 0 Å². The van der Waals surface area contributed by atoms with E-state index in [0.29, 0.717) is 0 Å². The first-order valence-corrected chi connectivity index (χ1v) is 23.1. The maximum absolute atomic E-state index is 2.69. The van der Waals surface area contributed by atoms with Gasteiger partial charge in [-0.3, -0.25) is 0 Å². The van der Waals surface area contributed by atoms with Crippen molar-refractivity contribution in [2.24, 2.45) is 0 Å². The molecule has 0 radical (unpaired) electrons. The standard InChI is InChI=1S/C58H65BN2/c1-36-29-51-53-52(30-36)61(48-23-19-39(31-37(48)2)38-17-15-14-16-18-38)49-24-20-40(54(3,4)5)32-46(49)59(53)47-34-44-45(58(12,13)28-27-57(44,10)11)35-50(47)60(51)41-21-22-42-43(33-41)56(8,9)26-25-55(42,6)7/h14-24,29-35H,25-28H2,1-13H3. The van der Waals surface area contributed by atoms with E-state index in [0.717, 1.165) is 0 Å². The second-order valence-corrected chi connectivity index (χ2v) is 22.9. The lowest BCUT2D eigenvalue weighted by Crippen LogP contribution is -2.62. The molecule has 2 heterocycles. The lowest BCUT2D eigenvalue weighted by molar-refractivity contribution is 0.332. The van der Waals surface area contributed by atoms with E-state index >= 15 is 0 Å². The summed E-state index contributed by atoms with van der Waals surface area (Å²) in [7, 11) is 0. The lowest BCUT2D eigenvalue weighted by Gasteiger charge is -2.48. The number of aryl methyl sites for hydroxylation is 2. The van der Waals surface area contributed by atoms with Gasteiger partial charge in [0.2, 0.25) is 0 Å². The Hall–Kier alpha value is -5.02. The van der Waals surface area contributed by atoms with Crippen LogP contribution in [0.1, 0.15) is 141 Å². The molecule has 310 valence electrons. The highest BCUT2D eigenvalue weighted by Crippen LogP contribution is 2.53. The fourth-order valence-electron chi connectivity index (χ4n) is 11.6. The van der Waals surface area contributed by atoms with Gasteiger partial charge in [0.1, 0.15) is 0 Å². The second-order valence-electron chi connectivity index (χ2n) is 22.9. The molecular weight excluding hydrogens is 735 g/mol. The summed E-state index contributed by atoms with van der Waals surface area (Å²) in [5.41, 5.74) is 24.8. The van der Waals surface area contributed by atoms with E-state index in [2.05, 4.69) is 209 Å². The van der Waals surface area contributed by atoms with Crippen LogP contribution in [0.3, 0.4) is 0 Å². The predicted octanol–water partition coefficient (Wildman–Crippen LogP) is 14.0. The molecule has 0 amide bonds. The quantitative estimate of drug-likeness (QED) is 0.164. The fraction of sp³-hybridized carbons (Fsp3) is 0.379. The number of benzene rings is 6. The summed E-state index contributed by atoms with van der Waals surface area (Å²) in [6.45, 7) is 31.5. The zero-order valence-electron chi connectivity index (χ0n) is 39.2. The molecule has 0 aromatic heterocycles. The molecule has 0 saturated heterocycles. The molecule has 6 aromatic carbocycles. The van der Waals surface area contributed by atoms with Crippen LogP contribution in [0, 0.1) is 13.8 Å². The van der Waals surface area contributed by atoms with Gasteiger partial charge in [-0.25, -0.2) is 0 Å². The number of hydrogen-bond donors (Lipinski definition) is 0. The van der Waals surface area contributed by atoms with Crippen molar-refractivity contribution < 1.29 is 0 Å². The van der Waals surface area contributed by atoms with Gasteiger partial charge in [-0.1, -0.05) is 137 Å². The molecule has 2 aliphatic heterocycles. The van der Waals surface area contributed by atoms with Crippen LogP contribution in [-0.2, 0) is 27.1 Å². The SMILES string of the molecule is Cc1cc2c3c(c1)N(c1ccc(-c4ccccc4)cc1C)c1ccc(C(C)(C)C)cc1B3c1cc3c(cc1N2c1ccc2c(c1)C(C)(C)CCC2(C)C)C(C)(C)CCC3(C)C. The average molecular weight is 801 g/mol. The molecule has 0 fully saturated rings. The van der Waals surface area contributed by atoms with Crippen molar-refractivity contribution in [2.75, 3.05) is 9.80 Å². The highest BCUT2D eigenvalue weighted by molar-refractivity contribution is 7.00. The molecule has 0 atom stereocenters. The molecule has 2 nitrogen and oxygen atoms in total. The summed E-state index contributed by atoms with van der Waals surface area (Å²) < 4.78 is 0. The molecule has 3 heteroatoms. The van der Waals surface area contributed by atoms with Gasteiger partial charge >= 0.3 is 0 Å². The Kier molecular flexibility index (Phi) is 8.70. The summed E-state index contributed by atoms with van der Waals surface area (Å²) in [6, 6.07) is 43.1. The van der Waals surface area contributed by atoms with Crippen LogP contribution in [0.15, 0.2) is 109 Å². The Morgan fingerprint density at radius 2 is 1.02 bits per heavy atom. The number of hydrogen-bond acceptors (Lipinski definition) is 2. The van der Waals surface area contributed by atoms with Crippen LogP contribution in [0.4, 0.5) is 34.1 Å². The fourth-order valence-corrected chi connectivity index (χ4v) is 11.6. The molecule has 0 saturated carbocycles. The predicted molar refractivity (Wildman–Crippen MR) is 265 cm³/mol. The normalized spacial score (nSPS) is 18.7. The monoisotopic (exact) mass is 801 g/mol. The van der Waals surface area contributed by atoms with Gasteiger partial charge in [0.15, 0.2) is 0 Å². The largest absolute Gasteiger partial charge is 0.311 e. The van der Waals surface area contributed by atoms with Crippen LogP contribution in [-0.4, -0.2) is 6.71 Å². The van der Waals surface area contributed by atoms with E-state index in [9.17, 15) is 0 Å². The van der Waals surface area contributed by atoms with Gasteiger partial charge in [-0.05, 0) is 182 Å². The van der Waals surface area contributed by atoms with Crippen LogP contribution >= 0.6 is 0 Å². The summed E-state index contributed by atoms with van der Waals surface area (Å²) in [6.07, 6.45) is 4.77. The number of rotatable bonds is 3. The van der Waals surface area contributed by atoms with Crippen LogP contribution < -0.4 is 26.2 Å². The Labute approximate surface area is 367 Å². The maximum atomic E-state index is 2.69. The Morgan fingerprint density at radius 3 is 1.64 bits per heavy atom. The molecule has 2 aliphatic carbocycles. The Balaban J connectivity index is 1.30. The minimum absolute atomic E-state index is 0.00139. The number of nitrogens with zero attached hydrogens (tertiary/aromatic N) is 2. The van der Waals surface area contributed by atoms with Crippen molar-refractivity contribution in [3.63, 3.8) is 0 Å². The van der Waals surface area contributed by atoms with Gasteiger partial charge < -0.3 is 9.80 Å². The van der Waals surface area contributed by atoms with Crippen molar-refractivity contribution in [2.45, 2.75) is 143 Å². The van der Waals surface area contributed by atoms with Crippen molar-refractivity contribution >= 4 is 57.2 Å². The van der Waals surface area contributed by atoms with E-state index in [4.69, 9.17) is 0 Å². The van der Waals surface area contributed by atoms with Gasteiger partial charge in [0, 0.05) is 34.1 Å². The van der Waals surface area contributed by atoms with E-state index < -0.39 is 0 Å². The first-order chi connectivity index (χ1) is 28.7. The molecule has 4 aliphatic rings. The van der Waals surface area contributed by atoms with Gasteiger partial charge in [0.25, 0.3) is 6.71 Å². The first-order valence-electron chi connectivity index (χ1n) is 23.1. The van der Waals surface area contributed by atoms with E-state index in [1.165, 1.54) is 126 Å². The molecule has 0 unspecified atom stereocenters. The van der Waals surface area contributed by atoms with Gasteiger partial charge in [-0.2, -0.15) is 0 Å². The van der Waals surface area contributed by atoms with Crippen molar-refractivity contribution in [3.05, 3.63) is 148 Å². The van der Waals surface area contributed by atoms with Gasteiger partial charge in [0.05, 0.1) is 0 Å². The zero-order valence-corrected chi connectivity index (χ0v) is 39.2. The molecule has 0 bridgehead atoms. The minimum atomic E-state index is -0.00139. The molecule has 6 aromatic rings. The smallest absolute Gasteiger partial charge is 0.252 e. The highest BCUT2D eigenvalue weighted by Gasteiger charge is 2.47. The van der Waals surface area contributed by atoms with Crippen LogP contribution in [0.2, 0.25) is 0 Å². The summed E-state index contributed by atoms with van der Waals surface area (Å²) in [5.74, 6) is 0. The average Bonchev–Trinajstić information content (AvgIpc) is 3.20. The molecule has 10 rings (SSSR count). The topological polar surface area (TPSA) is 6.48 Å². The number of fused-ring (bicyclic) bond motifs is 6. The third-order valence-electron chi connectivity index (χ3n) is 15.7. The zero-order chi connectivity index (χ0) is 43.2. The van der Waals surface area contributed by atoms with E-state index in [1.54, 1.807) is 0 Å². The first kappa shape index (κ1) is 40.1. The summed E-state index contributed by atoms with van der Waals surface area (Å²) >= 11 is 0. The lowest BCUT2D eigenvalue weighted by atomic mass is 9.33. The molecular formula is C58H65BN2. The summed E-state index contributed by atoms with van der Waals surface area (Å²) in [4.78, 5) is 5.30. The van der Waals surface area contributed by atoms with E-state index in [-0.39, 0.29) is 33.8 Å². The minimum Gasteiger partial charge on any atom is -0.311 e.